The van der Waals surface area contributed by atoms with Gasteiger partial charge in [0.25, 0.3) is 0 Å². The van der Waals surface area contributed by atoms with Gasteiger partial charge in [-0.05, 0) is 41.8 Å². The van der Waals surface area contributed by atoms with E-state index in [2.05, 4.69) is 22.0 Å². The third-order valence-corrected chi connectivity index (χ3v) is 6.03. The minimum Gasteiger partial charge on any atom is -0.487 e. The molecule has 1 atom stereocenters. The van der Waals surface area contributed by atoms with E-state index in [1.807, 2.05) is 30.3 Å². The summed E-state index contributed by atoms with van der Waals surface area (Å²) in [6.45, 7) is 0.369. The van der Waals surface area contributed by atoms with Gasteiger partial charge in [-0.2, -0.15) is 5.26 Å². The van der Waals surface area contributed by atoms with Crippen LogP contribution in [-0.2, 0) is 16.1 Å². The summed E-state index contributed by atoms with van der Waals surface area (Å²) in [6, 6.07) is 15.2. The molecule has 7 heteroatoms. The molecular weight excluding hydrogens is 468 g/mol. The molecule has 0 unspecified atom stereocenters. The fraction of sp³-hybridized carbons (Fsp3) is 0.217. The van der Waals surface area contributed by atoms with Crippen LogP contribution in [0.15, 0.2) is 69.7 Å². The van der Waals surface area contributed by atoms with Crippen LogP contribution in [0, 0.1) is 11.3 Å². The number of ether oxygens (including phenoxy) is 2. The molecule has 5 nitrogen and oxygen atoms in total. The quantitative estimate of drug-likeness (QED) is 0.618. The summed E-state index contributed by atoms with van der Waals surface area (Å²) in [7, 11) is 0. The van der Waals surface area contributed by atoms with E-state index in [9.17, 15) is 10.1 Å². The second-order valence-electron chi connectivity index (χ2n) is 7.14. The second kappa shape index (κ2) is 8.55. The van der Waals surface area contributed by atoms with Crippen molar-refractivity contribution in [2.75, 3.05) is 0 Å². The maximum Gasteiger partial charge on any atom is 0.205 e. The molecule has 0 saturated heterocycles. The molecule has 2 aromatic carbocycles. The van der Waals surface area contributed by atoms with Crippen LogP contribution in [0.2, 0.25) is 5.02 Å². The molecule has 0 fully saturated rings. The number of rotatable bonds is 4. The zero-order valence-corrected chi connectivity index (χ0v) is 18.3. The van der Waals surface area contributed by atoms with Crippen molar-refractivity contribution in [1.82, 2.24) is 0 Å². The Morgan fingerprint density at radius 2 is 2.00 bits per heavy atom. The van der Waals surface area contributed by atoms with Crippen molar-refractivity contribution in [2.24, 2.45) is 5.73 Å². The number of ketones is 1. The normalized spacial score (nSPS) is 18.6. The fourth-order valence-corrected chi connectivity index (χ4v) is 4.25. The van der Waals surface area contributed by atoms with Crippen molar-refractivity contribution in [3.63, 3.8) is 0 Å². The van der Waals surface area contributed by atoms with Gasteiger partial charge in [-0.1, -0.05) is 45.7 Å². The average Bonchev–Trinajstić information content (AvgIpc) is 2.73. The van der Waals surface area contributed by atoms with Crippen LogP contribution in [0.5, 0.6) is 5.75 Å². The van der Waals surface area contributed by atoms with Gasteiger partial charge in [0.1, 0.15) is 29.8 Å². The van der Waals surface area contributed by atoms with Gasteiger partial charge in [0.2, 0.25) is 5.88 Å². The van der Waals surface area contributed by atoms with E-state index in [0.717, 1.165) is 10.0 Å². The second-order valence-corrected chi connectivity index (χ2v) is 8.47. The fourth-order valence-electron chi connectivity index (χ4n) is 3.75. The maximum atomic E-state index is 12.6. The lowest BCUT2D eigenvalue weighted by Gasteiger charge is -2.31. The lowest BCUT2D eigenvalue weighted by molar-refractivity contribution is -0.116. The van der Waals surface area contributed by atoms with Crippen LogP contribution in [0.25, 0.3) is 0 Å². The van der Waals surface area contributed by atoms with Crippen LogP contribution < -0.4 is 10.5 Å². The van der Waals surface area contributed by atoms with Gasteiger partial charge in [0, 0.05) is 22.9 Å². The molecule has 1 heterocycles. The summed E-state index contributed by atoms with van der Waals surface area (Å²) in [4.78, 5) is 12.6. The topological polar surface area (TPSA) is 85.3 Å². The predicted molar refractivity (Wildman–Crippen MR) is 116 cm³/mol. The van der Waals surface area contributed by atoms with Crippen LogP contribution in [0.1, 0.15) is 36.3 Å². The molecule has 0 aromatic heterocycles. The first-order valence-corrected chi connectivity index (χ1v) is 10.7. The molecule has 1 aliphatic heterocycles. The number of Topliss-reactive ketones (excluding diaryl/α,β-unsaturated/α-hetero) is 1. The number of carbonyl (C=O) groups excluding carboxylic acids is 1. The Kier molecular flexibility index (Phi) is 5.85. The minimum atomic E-state index is -0.579. The summed E-state index contributed by atoms with van der Waals surface area (Å²) in [5.74, 6) is 0.523. The highest BCUT2D eigenvalue weighted by Gasteiger charge is 2.38. The first-order valence-electron chi connectivity index (χ1n) is 9.48. The van der Waals surface area contributed by atoms with Crippen molar-refractivity contribution >= 4 is 33.3 Å². The van der Waals surface area contributed by atoms with Crippen LogP contribution >= 0.6 is 27.5 Å². The monoisotopic (exact) mass is 484 g/mol. The average molecular weight is 486 g/mol. The first kappa shape index (κ1) is 20.5. The molecule has 0 bridgehead atoms. The SMILES string of the molecule is N#CC1=C(N)OC2=C(C(=O)CCC2)[C@@H]1c1ccc(OCc2ccc(Br)cc2)c(Cl)c1. The molecule has 4 rings (SSSR count). The Labute approximate surface area is 187 Å². The molecule has 2 aliphatic rings. The number of nitrogens with two attached hydrogens (primary N) is 1. The highest BCUT2D eigenvalue weighted by atomic mass is 79.9. The van der Waals surface area contributed by atoms with E-state index in [4.69, 9.17) is 26.8 Å². The third kappa shape index (κ3) is 3.96. The van der Waals surface area contributed by atoms with Gasteiger partial charge in [0.05, 0.1) is 10.9 Å². The zero-order chi connectivity index (χ0) is 21.3. The molecule has 2 aromatic rings. The number of hydrogen-bond donors (Lipinski definition) is 1. The van der Waals surface area contributed by atoms with Crippen LogP contribution in [-0.4, -0.2) is 5.78 Å². The molecule has 152 valence electrons. The molecule has 2 N–H and O–H groups in total. The maximum absolute atomic E-state index is 12.6. The lowest BCUT2D eigenvalue weighted by atomic mass is 9.77. The highest BCUT2D eigenvalue weighted by molar-refractivity contribution is 9.10. The summed E-state index contributed by atoms with van der Waals surface area (Å²) < 4.78 is 12.4. The molecule has 0 spiro atoms. The minimum absolute atomic E-state index is 0.0202. The van der Waals surface area contributed by atoms with E-state index in [1.54, 1.807) is 12.1 Å². The summed E-state index contributed by atoms with van der Waals surface area (Å²) in [5, 5.41) is 10.1. The number of carbonyl (C=O) groups is 1. The Balaban J connectivity index is 1.64. The van der Waals surface area contributed by atoms with Crippen LogP contribution in [0.4, 0.5) is 0 Å². The lowest BCUT2D eigenvalue weighted by Crippen LogP contribution is -2.27. The van der Waals surface area contributed by atoms with Gasteiger partial charge in [-0.3, -0.25) is 4.79 Å². The summed E-state index contributed by atoms with van der Waals surface area (Å²) >= 11 is 9.89. The number of halogens is 2. The largest absolute Gasteiger partial charge is 0.487 e. The van der Waals surface area contributed by atoms with Gasteiger partial charge in [-0.25, -0.2) is 0 Å². The number of hydrogen-bond acceptors (Lipinski definition) is 5. The Morgan fingerprint density at radius 1 is 1.23 bits per heavy atom. The Hall–Kier alpha value is -2.75. The van der Waals surface area contributed by atoms with Gasteiger partial charge >= 0.3 is 0 Å². The Bertz CT molecular complexity index is 1120. The van der Waals surface area contributed by atoms with E-state index < -0.39 is 5.92 Å². The molecule has 1 aliphatic carbocycles. The van der Waals surface area contributed by atoms with Crippen molar-refractivity contribution < 1.29 is 14.3 Å². The smallest absolute Gasteiger partial charge is 0.205 e. The standard InChI is InChI=1S/C23H18BrClN2O3/c24-15-7-4-13(5-8-15)12-29-19-9-6-14(10-17(19)25)21-16(11-26)23(27)30-20-3-1-2-18(28)22(20)21/h4-10,21H,1-3,12,27H2/t21-/m1/s1. The zero-order valence-electron chi connectivity index (χ0n) is 16.0. The predicted octanol–water partition coefficient (Wildman–Crippen LogP) is 5.50. The first-order chi connectivity index (χ1) is 14.5. The molecule has 0 radical (unpaired) electrons. The van der Waals surface area contributed by atoms with Gasteiger partial charge in [-0.15, -0.1) is 0 Å². The molecule has 0 saturated carbocycles. The van der Waals surface area contributed by atoms with E-state index in [1.165, 1.54) is 0 Å². The van der Waals surface area contributed by atoms with E-state index in [0.29, 0.717) is 53.5 Å². The molecular formula is C23H18BrClN2O3. The Morgan fingerprint density at radius 3 is 2.70 bits per heavy atom. The molecule has 0 amide bonds. The van der Waals surface area contributed by atoms with Gasteiger partial charge in [0.15, 0.2) is 5.78 Å². The number of allylic oxidation sites excluding steroid dienone is 3. The van der Waals surface area contributed by atoms with Crippen molar-refractivity contribution in [3.05, 3.63) is 85.9 Å². The highest BCUT2D eigenvalue weighted by Crippen LogP contribution is 2.44. The summed E-state index contributed by atoms with van der Waals surface area (Å²) in [6.07, 6.45) is 1.77. The third-order valence-electron chi connectivity index (χ3n) is 5.20. The summed E-state index contributed by atoms with van der Waals surface area (Å²) in [5.41, 5.74) is 8.44. The molecule has 30 heavy (non-hydrogen) atoms. The van der Waals surface area contributed by atoms with E-state index in [-0.39, 0.29) is 17.2 Å². The van der Waals surface area contributed by atoms with Gasteiger partial charge < -0.3 is 15.2 Å². The number of nitriles is 1. The van der Waals surface area contributed by atoms with Crippen LogP contribution in [0.3, 0.4) is 0 Å². The van der Waals surface area contributed by atoms with E-state index >= 15 is 0 Å². The van der Waals surface area contributed by atoms with Crippen molar-refractivity contribution in [1.29, 1.82) is 5.26 Å². The van der Waals surface area contributed by atoms with Crippen molar-refractivity contribution in [2.45, 2.75) is 31.8 Å². The van der Waals surface area contributed by atoms with Crippen molar-refractivity contribution in [3.8, 4) is 11.8 Å². The number of nitrogens with zero attached hydrogens (tertiary/aromatic N) is 1. The number of benzene rings is 2.